The van der Waals surface area contributed by atoms with Crippen LogP contribution in [0, 0.1) is 33.6 Å². The van der Waals surface area contributed by atoms with Crippen LogP contribution in [0.15, 0.2) is 41.6 Å². The number of hydrogen-bond acceptors (Lipinski definition) is 5. The Balaban J connectivity index is 1.69. The van der Waals surface area contributed by atoms with E-state index in [1.807, 2.05) is 71.4 Å². The zero-order valence-electron chi connectivity index (χ0n) is 20.9. The van der Waals surface area contributed by atoms with Gasteiger partial charge in [-0.2, -0.15) is 0 Å². The lowest BCUT2D eigenvalue weighted by atomic mass is 10.0. The lowest BCUT2D eigenvalue weighted by molar-refractivity contribution is -0.113. The summed E-state index contributed by atoms with van der Waals surface area (Å²) in [5.41, 5.74) is 5.75. The van der Waals surface area contributed by atoms with Crippen molar-refractivity contribution in [3.05, 3.63) is 70.0 Å². The molecule has 0 aliphatic carbocycles. The zero-order chi connectivity index (χ0) is 25.0. The summed E-state index contributed by atoms with van der Waals surface area (Å²) in [4.78, 5) is 25.5. The number of thioether (sulfide) groups is 1. The minimum absolute atomic E-state index is 0.0993. The summed E-state index contributed by atoms with van der Waals surface area (Å²) in [5.74, 6) is 0.718. The summed E-state index contributed by atoms with van der Waals surface area (Å²) in [5, 5.41) is 15.4. The normalized spacial score (nSPS) is 12.0. The summed E-state index contributed by atoms with van der Waals surface area (Å²) in [6.45, 7) is 12.1. The van der Waals surface area contributed by atoms with Crippen molar-refractivity contribution in [2.75, 3.05) is 11.1 Å². The third kappa shape index (κ3) is 6.05. The highest BCUT2D eigenvalue weighted by atomic mass is 32.2. The maximum absolute atomic E-state index is 12.8. The predicted molar refractivity (Wildman–Crippen MR) is 137 cm³/mol. The standard InChI is InChI=1S/C26H33N5O2S/c1-15(2)22(28-25(33)20-10-8-9-16(3)13-20)24-29-30-26(31(24)7)34-14-21(32)27-23-18(5)11-17(4)12-19(23)6/h8-13,15,22H,14H2,1-7H3,(H,27,32)(H,28,33)/t22-/m0/s1. The fourth-order valence-corrected chi connectivity index (χ4v) is 4.66. The van der Waals surface area contributed by atoms with Crippen molar-refractivity contribution >= 4 is 29.3 Å². The largest absolute Gasteiger partial charge is 0.342 e. The summed E-state index contributed by atoms with van der Waals surface area (Å²) in [6, 6.07) is 11.3. The van der Waals surface area contributed by atoms with Crippen molar-refractivity contribution in [3.8, 4) is 0 Å². The van der Waals surface area contributed by atoms with Gasteiger partial charge in [-0.05, 0) is 56.9 Å². The van der Waals surface area contributed by atoms with Crippen molar-refractivity contribution < 1.29 is 9.59 Å². The fourth-order valence-electron chi connectivity index (χ4n) is 3.95. The second-order valence-corrected chi connectivity index (χ2v) is 10.0. The number of carbonyl (C=O) groups is 2. The van der Waals surface area contributed by atoms with Gasteiger partial charge in [0, 0.05) is 18.3 Å². The van der Waals surface area contributed by atoms with Crippen LogP contribution in [0.3, 0.4) is 0 Å². The maximum Gasteiger partial charge on any atom is 0.251 e. The number of anilines is 1. The molecule has 180 valence electrons. The van der Waals surface area contributed by atoms with E-state index in [4.69, 9.17) is 0 Å². The Labute approximate surface area is 205 Å². The van der Waals surface area contributed by atoms with Crippen LogP contribution < -0.4 is 10.6 Å². The van der Waals surface area contributed by atoms with E-state index in [-0.39, 0.29) is 29.5 Å². The zero-order valence-corrected chi connectivity index (χ0v) is 21.7. The maximum atomic E-state index is 12.8. The molecule has 0 aliphatic heterocycles. The van der Waals surface area contributed by atoms with Crippen LogP contribution in [0.4, 0.5) is 5.69 Å². The van der Waals surface area contributed by atoms with Gasteiger partial charge in [0.25, 0.3) is 5.91 Å². The molecule has 0 unspecified atom stereocenters. The van der Waals surface area contributed by atoms with Gasteiger partial charge in [0.15, 0.2) is 11.0 Å². The molecule has 0 aliphatic rings. The van der Waals surface area contributed by atoms with E-state index >= 15 is 0 Å². The lowest BCUT2D eigenvalue weighted by Gasteiger charge is -2.22. The minimum atomic E-state index is -0.313. The predicted octanol–water partition coefficient (Wildman–Crippen LogP) is 4.91. The number of aryl methyl sites for hydroxylation is 4. The van der Waals surface area contributed by atoms with Gasteiger partial charge in [0.2, 0.25) is 5.91 Å². The van der Waals surface area contributed by atoms with Crippen LogP contribution in [-0.4, -0.2) is 32.3 Å². The van der Waals surface area contributed by atoms with Gasteiger partial charge < -0.3 is 15.2 Å². The number of benzene rings is 2. The molecule has 3 rings (SSSR count). The quantitative estimate of drug-likeness (QED) is 0.448. The monoisotopic (exact) mass is 479 g/mol. The van der Waals surface area contributed by atoms with Crippen LogP contribution in [0.1, 0.15) is 58.3 Å². The van der Waals surface area contributed by atoms with E-state index in [1.165, 1.54) is 17.3 Å². The van der Waals surface area contributed by atoms with E-state index in [0.29, 0.717) is 16.5 Å². The Kier molecular flexibility index (Phi) is 8.15. The fraction of sp³-hybridized carbons (Fsp3) is 0.385. The first-order valence-electron chi connectivity index (χ1n) is 11.3. The second kappa shape index (κ2) is 10.9. The smallest absolute Gasteiger partial charge is 0.251 e. The van der Waals surface area contributed by atoms with Crippen LogP contribution in [0.2, 0.25) is 0 Å². The van der Waals surface area contributed by atoms with E-state index in [9.17, 15) is 9.59 Å². The molecule has 0 bridgehead atoms. The Morgan fingerprint density at radius 2 is 1.68 bits per heavy atom. The Morgan fingerprint density at radius 1 is 1.00 bits per heavy atom. The topological polar surface area (TPSA) is 88.9 Å². The Bertz CT molecular complexity index is 1180. The van der Waals surface area contributed by atoms with Crippen LogP contribution in [0.25, 0.3) is 0 Å². The van der Waals surface area contributed by atoms with Gasteiger partial charge in [0.05, 0.1) is 11.8 Å². The molecule has 0 radical (unpaired) electrons. The number of rotatable bonds is 8. The first-order chi connectivity index (χ1) is 16.1. The number of aromatic nitrogens is 3. The molecule has 7 nitrogen and oxygen atoms in total. The van der Waals surface area contributed by atoms with E-state index < -0.39 is 0 Å². The van der Waals surface area contributed by atoms with Crippen LogP contribution >= 0.6 is 11.8 Å². The molecule has 3 aromatic rings. The Morgan fingerprint density at radius 3 is 2.29 bits per heavy atom. The SMILES string of the molecule is Cc1cccc(C(=O)N[C@H](c2nnc(SCC(=O)Nc3c(C)cc(C)cc3C)n2C)C(C)C)c1. The van der Waals surface area contributed by atoms with Gasteiger partial charge in [0.1, 0.15) is 0 Å². The first kappa shape index (κ1) is 25.5. The molecule has 1 atom stereocenters. The highest BCUT2D eigenvalue weighted by Gasteiger charge is 2.25. The van der Waals surface area contributed by atoms with Crippen molar-refractivity contribution in [1.29, 1.82) is 0 Å². The average Bonchev–Trinajstić information content (AvgIpc) is 3.12. The third-order valence-corrected chi connectivity index (χ3v) is 6.67. The molecule has 1 aromatic heterocycles. The molecule has 34 heavy (non-hydrogen) atoms. The highest BCUT2D eigenvalue weighted by molar-refractivity contribution is 7.99. The van der Waals surface area contributed by atoms with Crippen molar-refractivity contribution in [3.63, 3.8) is 0 Å². The number of amides is 2. The van der Waals surface area contributed by atoms with E-state index in [2.05, 4.69) is 33.0 Å². The van der Waals surface area contributed by atoms with Crippen LogP contribution in [-0.2, 0) is 11.8 Å². The molecular weight excluding hydrogens is 446 g/mol. The van der Waals surface area contributed by atoms with Gasteiger partial charge in [-0.15, -0.1) is 10.2 Å². The number of nitrogens with zero attached hydrogens (tertiary/aromatic N) is 3. The second-order valence-electron chi connectivity index (χ2n) is 9.07. The molecule has 0 saturated heterocycles. The van der Waals surface area contributed by atoms with Crippen molar-refractivity contribution in [1.82, 2.24) is 20.1 Å². The number of nitrogens with one attached hydrogen (secondary N) is 2. The highest BCUT2D eigenvalue weighted by Crippen LogP contribution is 2.26. The molecule has 2 aromatic carbocycles. The summed E-state index contributed by atoms with van der Waals surface area (Å²) < 4.78 is 1.85. The molecule has 0 spiro atoms. The lowest BCUT2D eigenvalue weighted by Crippen LogP contribution is -2.33. The molecular formula is C26H33N5O2S. The molecule has 0 saturated carbocycles. The molecule has 0 fully saturated rings. The molecule has 2 N–H and O–H groups in total. The molecule has 1 heterocycles. The van der Waals surface area contributed by atoms with Crippen molar-refractivity contribution in [2.45, 2.75) is 52.7 Å². The molecule has 8 heteroatoms. The summed E-state index contributed by atoms with van der Waals surface area (Å²) in [7, 11) is 1.86. The van der Waals surface area contributed by atoms with Crippen LogP contribution in [0.5, 0.6) is 0 Å². The van der Waals surface area contributed by atoms with Gasteiger partial charge in [-0.3, -0.25) is 9.59 Å². The number of hydrogen-bond donors (Lipinski definition) is 2. The number of carbonyl (C=O) groups excluding carboxylic acids is 2. The van der Waals surface area contributed by atoms with E-state index in [1.54, 1.807) is 6.07 Å². The van der Waals surface area contributed by atoms with Gasteiger partial charge in [-0.1, -0.05) is 61.0 Å². The Hall–Kier alpha value is -3.13. The summed E-state index contributed by atoms with van der Waals surface area (Å²) >= 11 is 1.32. The minimum Gasteiger partial charge on any atom is -0.342 e. The van der Waals surface area contributed by atoms with Gasteiger partial charge in [-0.25, -0.2) is 0 Å². The average molecular weight is 480 g/mol. The van der Waals surface area contributed by atoms with Gasteiger partial charge >= 0.3 is 0 Å². The van der Waals surface area contributed by atoms with Crippen molar-refractivity contribution in [2.24, 2.45) is 13.0 Å². The molecule has 2 amide bonds. The van der Waals surface area contributed by atoms with E-state index in [0.717, 1.165) is 22.4 Å². The third-order valence-electron chi connectivity index (χ3n) is 5.65. The summed E-state index contributed by atoms with van der Waals surface area (Å²) in [6.07, 6.45) is 0. The first-order valence-corrected chi connectivity index (χ1v) is 12.3.